The lowest BCUT2D eigenvalue weighted by atomic mass is 9.78. The van der Waals surface area contributed by atoms with Gasteiger partial charge in [0.2, 0.25) is 0 Å². The van der Waals surface area contributed by atoms with Crippen molar-refractivity contribution in [2.45, 2.75) is 37.8 Å². The molecule has 15 heavy (non-hydrogen) atoms. The molecule has 1 aliphatic heterocycles. The highest BCUT2D eigenvalue weighted by Gasteiger charge is 2.40. The summed E-state index contributed by atoms with van der Waals surface area (Å²) in [5.41, 5.74) is 1.52. The van der Waals surface area contributed by atoms with E-state index in [-0.39, 0.29) is 5.54 Å². The van der Waals surface area contributed by atoms with Crippen molar-refractivity contribution in [3.05, 3.63) is 23.7 Å². The van der Waals surface area contributed by atoms with Crippen LogP contribution in [0.5, 0.6) is 0 Å². The van der Waals surface area contributed by atoms with E-state index in [9.17, 15) is 0 Å². The normalized spacial score (nSPS) is 35.4. The van der Waals surface area contributed by atoms with Gasteiger partial charge < -0.3 is 15.1 Å². The van der Waals surface area contributed by atoms with Gasteiger partial charge in [-0.3, -0.25) is 0 Å². The SMILES string of the molecule is CC1CNCC2(CCCc3occc32)N1. The van der Waals surface area contributed by atoms with Gasteiger partial charge in [-0.15, -0.1) is 0 Å². The lowest BCUT2D eigenvalue weighted by Crippen LogP contribution is -2.61. The quantitative estimate of drug-likeness (QED) is 0.673. The molecule has 0 aromatic carbocycles. The fraction of sp³-hybridized carbons (Fsp3) is 0.667. The summed E-state index contributed by atoms with van der Waals surface area (Å²) in [5.74, 6) is 1.18. The Hall–Kier alpha value is -0.800. The predicted octanol–water partition coefficient (Wildman–Crippen LogP) is 1.39. The van der Waals surface area contributed by atoms with Gasteiger partial charge >= 0.3 is 0 Å². The van der Waals surface area contributed by atoms with E-state index in [0.717, 1.165) is 19.5 Å². The average Bonchev–Trinajstić information content (AvgIpc) is 2.67. The van der Waals surface area contributed by atoms with E-state index >= 15 is 0 Å². The molecule has 82 valence electrons. The third-order valence-corrected chi connectivity index (χ3v) is 3.67. The van der Waals surface area contributed by atoms with Crippen molar-refractivity contribution in [3.8, 4) is 0 Å². The maximum atomic E-state index is 5.55. The van der Waals surface area contributed by atoms with Crippen molar-refractivity contribution < 1.29 is 4.42 Å². The average molecular weight is 206 g/mol. The molecule has 1 fully saturated rings. The molecule has 0 amide bonds. The van der Waals surface area contributed by atoms with Crippen LogP contribution in [-0.4, -0.2) is 19.1 Å². The van der Waals surface area contributed by atoms with Gasteiger partial charge in [-0.1, -0.05) is 0 Å². The van der Waals surface area contributed by atoms with E-state index < -0.39 is 0 Å². The van der Waals surface area contributed by atoms with Crippen molar-refractivity contribution in [1.82, 2.24) is 10.6 Å². The second kappa shape index (κ2) is 3.35. The van der Waals surface area contributed by atoms with Crippen molar-refractivity contribution in [2.24, 2.45) is 0 Å². The molecule has 2 aliphatic rings. The minimum atomic E-state index is 0.137. The Balaban J connectivity index is 1.99. The van der Waals surface area contributed by atoms with Crippen molar-refractivity contribution in [2.75, 3.05) is 13.1 Å². The molecule has 2 heterocycles. The number of fused-ring (bicyclic) bond motifs is 2. The standard InChI is InChI=1S/C12H18N2O/c1-9-7-13-8-12(14-9)5-2-3-11-10(12)4-6-15-11/h4,6,9,13-14H,2-3,5,7-8H2,1H3. The number of piperazine rings is 1. The first kappa shape index (κ1) is 9.43. The third-order valence-electron chi connectivity index (χ3n) is 3.67. The molecule has 1 saturated heterocycles. The van der Waals surface area contributed by atoms with Crippen LogP contribution in [0.3, 0.4) is 0 Å². The lowest BCUT2D eigenvalue weighted by molar-refractivity contribution is 0.198. The molecule has 3 heteroatoms. The Bertz CT molecular complexity index is 360. The minimum Gasteiger partial charge on any atom is -0.469 e. The maximum Gasteiger partial charge on any atom is 0.108 e. The molecular weight excluding hydrogens is 188 g/mol. The van der Waals surface area contributed by atoms with Gasteiger partial charge in [0, 0.05) is 31.1 Å². The van der Waals surface area contributed by atoms with E-state index in [4.69, 9.17) is 4.42 Å². The third kappa shape index (κ3) is 1.42. The van der Waals surface area contributed by atoms with E-state index in [1.807, 2.05) is 6.26 Å². The largest absolute Gasteiger partial charge is 0.469 e. The van der Waals surface area contributed by atoms with Gasteiger partial charge in [0.25, 0.3) is 0 Å². The summed E-state index contributed by atoms with van der Waals surface area (Å²) >= 11 is 0. The smallest absolute Gasteiger partial charge is 0.108 e. The van der Waals surface area contributed by atoms with Crippen LogP contribution in [-0.2, 0) is 12.0 Å². The molecule has 1 spiro atoms. The highest BCUT2D eigenvalue weighted by Crippen LogP contribution is 2.36. The maximum absolute atomic E-state index is 5.55. The Morgan fingerprint density at radius 1 is 1.53 bits per heavy atom. The summed E-state index contributed by atoms with van der Waals surface area (Å²) in [6, 6.07) is 2.68. The number of hydrogen-bond acceptors (Lipinski definition) is 3. The molecule has 2 atom stereocenters. The molecule has 2 unspecified atom stereocenters. The number of hydrogen-bond donors (Lipinski definition) is 2. The van der Waals surface area contributed by atoms with Gasteiger partial charge in [0.15, 0.2) is 0 Å². The van der Waals surface area contributed by atoms with E-state index in [0.29, 0.717) is 6.04 Å². The summed E-state index contributed by atoms with van der Waals surface area (Å²) in [6.45, 7) is 4.33. The highest BCUT2D eigenvalue weighted by molar-refractivity contribution is 5.31. The zero-order chi connectivity index (χ0) is 10.3. The molecule has 2 N–H and O–H groups in total. The van der Waals surface area contributed by atoms with Gasteiger partial charge in [-0.2, -0.15) is 0 Å². The van der Waals surface area contributed by atoms with Gasteiger partial charge in [0.1, 0.15) is 5.76 Å². The molecule has 0 radical (unpaired) electrons. The van der Waals surface area contributed by atoms with Crippen LogP contribution >= 0.6 is 0 Å². The van der Waals surface area contributed by atoms with Crippen LogP contribution in [0, 0.1) is 0 Å². The first-order valence-electron chi connectivity index (χ1n) is 5.85. The van der Waals surface area contributed by atoms with Gasteiger partial charge in [-0.25, -0.2) is 0 Å². The molecule has 0 saturated carbocycles. The highest BCUT2D eigenvalue weighted by atomic mass is 16.3. The van der Waals surface area contributed by atoms with Crippen molar-refractivity contribution in [3.63, 3.8) is 0 Å². The Labute approximate surface area is 90.2 Å². The van der Waals surface area contributed by atoms with E-state index in [1.54, 1.807) is 0 Å². The van der Waals surface area contributed by atoms with Gasteiger partial charge in [-0.05, 0) is 25.8 Å². The minimum absolute atomic E-state index is 0.137. The number of rotatable bonds is 0. The van der Waals surface area contributed by atoms with Crippen LogP contribution in [0.25, 0.3) is 0 Å². The number of furan rings is 1. The van der Waals surface area contributed by atoms with Crippen LogP contribution in [0.1, 0.15) is 31.1 Å². The first-order valence-corrected chi connectivity index (χ1v) is 5.85. The second-order valence-electron chi connectivity index (χ2n) is 4.87. The van der Waals surface area contributed by atoms with Crippen LogP contribution in [0.4, 0.5) is 0 Å². The van der Waals surface area contributed by atoms with Crippen molar-refractivity contribution in [1.29, 1.82) is 0 Å². The van der Waals surface area contributed by atoms with Crippen molar-refractivity contribution >= 4 is 0 Å². The molecular formula is C12H18N2O. The van der Waals surface area contributed by atoms with E-state index in [2.05, 4.69) is 23.6 Å². The fourth-order valence-corrected chi connectivity index (χ4v) is 3.06. The molecule has 0 bridgehead atoms. The number of nitrogens with one attached hydrogen (secondary N) is 2. The molecule has 3 rings (SSSR count). The lowest BCUT2D eigenvalue weighted by Gasteiger charge is -2.44. The van der Waals surface area contributed by atoms with Gasteiger partial charge in [0.05, 0.1) is 11.8 Å². The zero-order valence-corrected chi connectivity index (χ0v) is 9.18. The summed E-state index contributed by atoms with van der Waals surface area (Å²) < 4.78 is 5.55. The van der Waals surface area contributed by atoms with E-state index in [1.165, 1.54) is 24.2 Å². The number of aryl methyl sites for hydroxylation is 1. The topological polar surface area (TPSA) is 37.2 Å². The summed E-state index contributed by atoms with van der Waals surface area (Å²) in [6.07, 6.45) is 5.37. The Morgan fingerprint density at radius 2 is 2.47 bits per heavy atom. The molecule has 3 nitrogen and oxygen atoms in total. The zero-order valence-electron chi connectivity index (χ0n) is 9.18. The Morgan fingerprint density at radius 3 is 3.33 bits per heavy atom. The van der Waals surface area contributed by atoms with Crippen LogP contribution in [0.15, 0.2) is 16.7 Å². The Kier molecular flexibility index (Phi) is 2.11. The molecule has 1 aromatic rings. The predicted molar refractivity (Wildman–Crippen MR) is 58.8 cm³/mol. The molecule has 1 aromatic heterocycles. The van der Waals surface area contributed by atoms with Crippen LogP contribution < -0.4 is 10.6 Å². The first-order chi connectivity index (χ1) is 7.30. The summed E-state index contributed by atoms with van der Waals surface area (Å²) in [7, 11) is 0. The molecule has 1 aliphatic carbocycles. The van der Waals surface area contributed by atoms with Crippen LogP contribution in [0.2, 0.25) is 0 Å². The summed E-state index contributed by atoms with van der Waals surface area (Å²) in [5, 5.41) is 7.27. The second-order valence-corrected chi connectivity index (χ2v) is 4.87. The monoisotopic (exact) mass is 206 g/mol. The fourth-order valence-electron chi connectivity index (χ4n) is 3.06. The summed E-state index contributed by atoms with van der Waals surface area (Å²) in [4.78, 5) is 0.